The Balaban J connectivity index is 1.63. The number of benzene rings is 2. The topological polar surface area (TPSA) is 70.8 Å². The molecule has 140 valence electrons. The number of para-hydroxylation sites is 2. The molecule has 2 heterocycles. The van der Waals surface area contributed by atoms with Crippen LogP contribution in [0.2, 0.25) is 0 Å². The van der Waals surface area contributed by atoms with Gasteiger partial charge in [0.2, 0.25) is 0 Å². The number of anilines is 2. The summed E-state index contributed by atoms with van der Waals surface area (Å²) in [5, 5.41) is 2.78. The summed E-state index contributed by atoms with van der Waals surface area (Å²) in [7, 11) is 0. The van der Waals surface area contributed by atoms with Crippen molar-refractivity contribution in [3.05, 3.63) is 84.8 Å². The minimum Gasteiger partial charge on any atom is -0.461 e. The van der Waals surface area contributed by atoms with Crippen LogP contribution in [0.1, 0.15) is 23.4 Å². The fourth-order valence-electron chi connectivity index (χ4n) is 3.30. The third kappa shape index (κ3) is 3.20. The lowest BCUT2D eigenvalue weighted by Gasteiger charge is -2.27. The summed E-state index contributed by atoms with van der Waals surface area (Å²) in [5.41, 5.74) is 1.20. The molecular formula is C22H18N2O4. The van der Waals surface area contributed by atoms with Crippen LogP contribution in [-0.4, -0.2) is 17.6 Å². The molecule has 0 N–H and O–H groups in total. The monoisotopic (exact) mass is 374 g/mol. The molecule has 0 atom stereocenters. The Morgan fingerprint density at radius 2 is 1.32 bits per heavy atom. The van der Waals surface area contributed by atoms with Crippen molar-refractivity contribution in [1.82, 2.24) is 0 Å². The Hall–Kier alpha value is -3.67. The SMILES string of the molecule is O=C(CCC1C(=O)N(c2ccccc2)N(c2ccccc2)C1=O)c1ccco1. The van der Waals surface area contributed by atoms with Crippen LogP contribution in [-0.2, 0) is 9.59 Å². The molecule has 0 saturated carbocycles. The summed E-state index contributed by atoms with van der Waals surface area (Å²) in [6.45, 7) is 0. The van der Waals surface area contributed by atoms with E-state index in [0.717, 1.165) is 0 Å². The quantitative estimate of drug-likeness (QED) is 0.485. The molecule has 1 aliphatic heterocycles. The summed E-state index contributed by atoms with van der Waals surface area (Å²) >= 11 is 0. The van der Waals surface area contributed by atoms with E-state index in [1.807, 2.05) is 36.4 Å². The van der Waals surface area contributed by atoms with Gasteiger partial charge in [-0.1, -0.05) is 36.4 Å². The van der Waals surface area contributed by atoms with Gasteiger partial charge in [0.15, 0.2) is 11.5 Å². The number of nitrogens with zero attached hydrogens (tertiary/aromatic N) is 2. The van der Waals surface area contributed by atoms with Gasteiger partial charge in [0, 0.05) is 6.42 Å². The highest BCUT2D eigenvalue weighted by atomic mass is 16.3. The Bertz CT molecular complexity index is 926. The van der Waals surface area contributed by atoms with Crippen molar-refractivity contribution in [2.24, 2.45) is 5.92 Å². The van der Waals surface area contributed by atoms with Gasteiger partial charge in [-0.2, -0.15) is 0 Å². The van der Waals surface area contributed by atoms with Crippen LogP contribution in [0.25, 0.3) is 0 Å². The van der Waals surface area contributed by atoms with Gasteiger partial charge in [-0.25, -0.2) is 10.0 Å². The maximum absolute atomic E-state index is 13.1. The van der Waals surface area contributed by atoms with E-state index in [0.29, 0.717) is 11.4 Å². The van der Waals surface area contributed by atoms with Gasteiger partial charge in [-0.3, -0.25) is 14.4 Å². The molecule has 4 rings (SSSR count). The number of hydrogen-bond acceptors (Lipinski definition) is 4. The van der Waals surface area contributed by atoms with Gasteiger partial charge >= 0.3 is 0 Å². The molecular weight excluding hydrogens is 356 g/mol. The molecule has 1 aliphatic rings. The van der Waals surface area contributed by atoms with E-state index in [1.54, 1.807) is 36.4 Å². The summed E-state index contributed by atoms with van der Waals surface area (Å²) in [6, 6.07) is 21.2. The lowest BCUT2D eigenvalue weighted by Crippen LogP contribution is -2.41. The fraction of sp³-hybridized carbons (Fsp3) is 0.136. The van der Waals surface area contributed by atoms with E-state index in [9.17, 15) is 14.4 Å². The number of Topliss-reactive ketones (excluding diaryl/α,β-unsaturated/α-hetero) is 1. The second kappa shape index (κ2) is 7.52. The number of amides is 2. The summed E-state index contributed by atoms with van der Waals surface area (Å²) in [5.74, 6) is -1.59. The van der Waals surface area contributed by atoms with E-state index in [4.69, 9.17) is 4.42 Å². The summed E-state index contributed by atoms with van der Waals surface area (Å²) < 4.78 is 5.10. The average molecular weight is 374 g/mol. The van der Waals surface area contributed by atoms with Crippen molar-refractivity contribution >= 4 is 29.0 Å². The van der Waals surface area contributed by atoms with E-state index in [-0.39, 0.29) is 36.2 Å². The fourth-order valence-corrected chi connectivity index (χ4v) is 3.30. The third-order valence-corrected chi connectivity index (χ3v) is 4.67. The van der Waals surface area contributed by atoms with Crippen molar-refractivity contribution < 1.29 is 18.8 Å². The number of ketones is 1. The minimum absolute atomic E-state index is 0.0565. The molecule has 2 amide bonds. The van der Waals surface area contributed by atoms with Crippen molar-refractivity contribution in [2.45, 2.75) is 12.8 Å². The van der Waals surface area contributed by atoms with Crippen LogP contribution in [0.3, 0.4) is 0 Å². The van der Waals surface area contributed by atoms with Gasteiger partial charge < -0.3 is 4.42 Å². The lowest BCUT2D eigenvalue weighted by atomic mass is 10.00. The van der Waals surface area contributed by atoms with Gasteiger partial charge in [-0.15, -0.1) is 0 Å². The van der Waals surface area contributed by atoms with Gasteiger partial charge in [0.25, 0.3) is 11.8 Å². The molecule has 3 aromatic rings. The Morgan fingerprint density at radius 3 is 1.79 bits per heavy atom. The predicted octanol–water partition coefficient (Wildman–Crippen LogP) is 3.85. The molecule has 28 heavy (non-hydrogen) atoms. The largest absolute Gasteiger partial charge is 0.461 e. The zero-order valence-corrected chi connectivity index (χ0v) is 15.0. The van der Waals surface area contributed by atoms with E-state index in [1.165, 1.54) is 16.3 Å². The zero-order chi connectivity index (χ0) is 19.5. The molecule has 1 fully saturated rings. The highest BCUT2D eigenvalue weighted by Gasteiger charge is 2.46. The first kappa shape index (κ1) is 17.7. The van der Waals surface area contributed by atoms with Crippen molar-refractivity contribution in [3.8, 4) is 0 Å². The van der Waals surface area contributed by atoms with Crippen LogP contribution in [0, 0.1) is 5.92 Å². The minimum atomic E-state index is -0.917. The molecule has 1 saturated heterocycles. The average Bonchev–Trinajstić information content (AvgIpc) is 3.35. The molecule has 0 aliphatic carbocycles. The lowest BCUT2D eigenvalue weighted by molar-refractivity contribution is -0.127. The predicted molar refractivity (Wildman–Crippen MR) is 104 cm³/mol. The first-order valence-electron chi connectivity index (χ1n) is 9.01. The van der Waals surface area contributed by atoms with E-state index >= 15 is 0 Å². The van der Waals surface area contributed by atoms with E-state index < -0.39 is 5.92 Å². The second-order valence-electron chi connectivity index (χ2n) is 6.46. The summed E-state index contributed by atoms with van der Waals surface area (Å²) in [4.78, 5) is 38.5. The van der Waals surface area contributed by atoms with Gasteiger partial charge in [0.05, 0.1) is 17.6 Å². The first-order valence-corrected chi connectivity index (χ1v) is 9.01. The van der Waals surface area contributed by atoms with E-state index in [2.05, 4.69) is 0 Å². The van der Waals surface area contributed by atoms with Crippen LogP contribution >= 0.6 is 0 Å². The number of hydrogen-bond donors (Lipinski definition) is 0. The summed E-state index contributed by atoms with van der Waals surface area (Å²) in [6.07, 6.45) is 1.61. The molecule has 0 unspecified atom stereocenters. The Kier molecular flexibility index (Phi) is 4.76. The second-order valence-corrected chi connectivity index (χ2v) is 6.46. The smallest absolute Gasteiger partial charge is 0.258 e. The zero-order valence-electron chi connectivity index (χ0n) is 15.0. The van der Waals surface area contributed by atoms with Crippen LogP contribution in [0.15, 0.2) is 83.5 Å². The maximum Gasteiger partial charge on any atom is 0.258 e. The molecule has 0 spiro atoms. The molecule has 0 bridgehead atoms. The highest BCUT2D eigenvalue weighted by molar-refractivity contribution is 6.23. The van der Waals surface area contributed by atoms with Crippen molar-refractivity contribution in [3.63, 3.8) is 0 Å². The number of rotatable bonds is 6. The first-order chi connectivity index (χ1) is 13.7. The normalized spacial score (nSPS) is 14.7. The molecule has 1 aromatic heterocycles. The van der Waals surface area contributed by atoms with Crippen molar-refractivity contribution in [1.29, 1.82) is 0 Å². The number of carbonyl (C=O) groups excluding carboxylic acids is 3. The van der Waals surface area contributed by atoms with Crippen molar-refractivity contribution in [2.75, 3.05) is 10.0 Å². The van der Waals surface area contributed by atoms with Gasteiger partial charge in [0.1, 0.15) is 5.92 Å². The maximum atomic E-state index is 13.1. The third-order valence-electron chi connectivity index (χ3n) is 4.67. The molecule has 6 heteroatoms. The Labute approximate surface area is 161 Å². The molecule has 2 aromatic carbocycles. The molecule has 0 radical (unpaired) electrons. The molecule has 6 nitrogen and oxygen atoms in total. The van der Waals surface area contributed by atoms with Crippen LogP contribution < -0.4 is 10.0 Å². The number of furan rings is 1. The van der Waals surface area contributed by atoms with Crippen LogP contribution in [0.4, 0.5) is 11.4 Å². The number of carbonyl (C=O) groups is 3. The number of hydrazine groups is 1. The highest BCUT2D eigenvalue weighted by Crippen LogP contribution is 2.33. The standard InChI is InChI=1S/C22H18N2O4/c25-19(20-12-7-15-28-20)14-13-18-21(26)23(16-8-3-1-4-9-16)24(22(18)27)17-10-5-2-6-11-17/h1-12,15,18H,13-14H2. The van der Waals surface area contributed by atoms with Crippen LogP contribution in [0.5, 0.6) is 0 Å². The Morgan fingerprint density at radius 1 is 0.786 bits per heavy atom. The van der Waals surface area contributed by atoms with Gasteiger partial charge in [-0.05, 0) is 42.8 Å².